The molecule has 0 aliphatic rings. The second kappa shape index (κ2) is 6.15. The Morgan fingerprint density at radius 1 is 1.41 bits per heavy atom. The monoisotopic (exact) mass is 235 g/mol. The Kier molecular flexibility index (Phi) is 4.26. The molecule has 0 aliphatic heterocycles. The zero-order chi connectivity index (χ0) is 11.9. The van der Waals surface area contributed by atoms with E-state index in [-0.39, 0.29) is 0 Å². The van der Waals surface area contributed by atoms with Gasteiger partial charge in [0.1, 0.15) is 0 Å². The summed E-state index contributed by atoms with van der Waals surface area (Å²) >= 11 is 0. The molecule has 2 heterocycles. The van der Waals surface area contributed by atoms with Crippen LogP contribution < -0.4 is 5.32 Å². The average molecular weight is 235 g/mol. The third-order valence-electron chi connectivity index (χ3n) is 2.33. The fraction of sp³-hybridized carbons (Fsp3) is 0.545. The van der Waals surface area contributed by atoms with Gasteiger partial charge in [0.15, 0.2) is 5.76 Å². The fourth-order valence-corrected chi connectivity index (χ4v) is 1.49. The van der Waals surface area contributed by atoms with Crippen LogP contribution in [0.25, 0.3) is 11.6 Å². The molecule has 2 rings (SSSR count). The molecule has 0 saturated heterocycles. The van der Waals surface area contributed by atoms with Crippen LogP contribution >= 0.6 is 0 Å². The van der Waals surface area contributed by atoms with Crippen molar-refractivity contribution in [1.82, 2.24) is 25.5 Å². The van der Waals surface area contributed by atoms with Crippen molar-refractivity contribution in [3.63, 3.8) is 0 Å². The Labute approximate surface area is 100 Å². The molecule has 2 aromatic rings. The molecule has 2 aromatic heterocycles. The third-order valence-corrected chi connectivity index (χ3v) is 2.33. The summed E-state index contributed by atoms with van der Waals surface area (Å²) in [6, 6.07) is 3.63. The lowest BCUT2D eigenvalue weighted by Gasteiger charge is -2.01. The highest BCUT2D eigenvalue weighted by Crippen LogP contribution is 2.12. The predicted octanol–water partition coefficient (Wildman–Crippen LogP) is 1.32. The lowest BCUT2D eigenvalue weighted by Crippen LogP contribution is -2.18. The van der Waals surface area contributed by atoms with Crippen LogP contribution in [0.3, 0.4) is 0 Å². The Morgan fingerprint density at radius 2 is 2.35 bits per heavy atom. The number of rotatable bonds is 7. The van der Waals surface area contributed by atoms with E-state index in [9.17, 15) is 0 Å². The van der Waals surface area contributed by atoms with E-state index in [0.29, 0.717) is 11.6 Å². The highest BCUT2D eigenvalue weighted by Gasteiger charge is 2.07. The summed E-state index contributed by atoms with van der Waals surface area (Å²) in [4.78, 5) is 1.60. The molecular weight excluding hydrogens is 218 g/mol. The van der Waals surface area contributed by atoms with Gasteiger partial charge in [-0.3, -0.25) is 0 Å². The first-order chi connectivity index (χ1) is 8.40. The minimum Gasteiger partial charge on any atom is -0.461 e. The molecule has 0 fully saturated rings. The molecule has 6 heteroatoms. The summed E-state index contributed by atoms with van der Waals surface area (Å²) in [6.07, 6.45) is 3.75. The number of nitrogens with one attached hydrogen (secondary N) is 1. The molecular formula is C11H17N5O. The zero-order valence-electron chi connectivity index (χ0n) is 9.96. The molecule has 92 valence electrons. The van der Waals surface area contributed by atoms with Crippen LogP contribution in [0.15, 0.2) is 22.8 Å². The molecule has 0 bridgehead atoms. The van der Waals surface area contributed by atoms with E-state index >= 15 is 0 Å². The van der Waals surface area contributed by atoms with E-state index in [0.717, 1.165) is 32.5 Å². The summed E-state index contributed by atoms with van der Waals surface area (Å²) in [5.74, 6) is 1.19. The predicted molar refractivity (Wildman–Crippen MR) is 63.3 cm³/mol. The van der Waals surface area contributed by atoms with Gasteiger partial charge in [-0.15, -0.1) is 10.2 Å². The first-order valence-corrected chi connectivity index (χ1v) is 5.92. The quantitative estimate of drug-likeness (QED) is 0.733. The lowest BCUT2D eigenvalue weighted by atomic mass is 10.4. The first-order valence-electron chi connectivity index (χ1n) is 5.92. The normalized spacial score (nSPS) is 10.9. The number of aryl methyl sites for hydroxylation is 1. The van der Waals surface area contributed by atoms with E-state index in [1.165, 1.54) is 0 Å². The summed E-state index contributed by atoms with van der Waals surface area (Å²) in [5, 5.41) is 15.5. The Hall–Kier alpha value is -1.69. The van der Waals surface area contributed by atoms with Crippen molar-refractivity contribution < 1.29 is 4.42 Å². The van der Waals surface area contributed by atoms with Gasteiger partial charge in [-0.2, -0.15) is 4.80 Å². The highest BCUT2D eigenvalue weighted by molar-refractivity contribution is 5.43. The standard InChI is InChI=1S/C11H17N5O/c1-2-6-12-7-4-8-16-14-11(13-15-16)10-5-3-9-17-10/h3,5,9,12H,2,4,6-8H2,1H3. The van der Waals surface area contributed by atoms with Crippen molar-refractivity contribution in [3.8, 4) is 11.6 Å². The topological polar surface area (TPSA) is 68.8 Å². The van der Waals surface area contributed by atoms with Crippen LogP contribution in [-0.4, -0.2) is 33.3 Å². The Bertz CT molecular complexity index is 423. The fourth-order valence-electron chi connectivity index (χ4n) is 1.49. The molecule has 6 nitrogen and oxygen atoms in total. The minimum atomic E-state index is 0.538. The van der Waals surface area contributed by atoms with Crippen LogP contribution in [0.4, 0.5) is 0 Å². The molecule has 0 aromatic carbocycles. The van der Waals surface area contributed by atoms with Crippen molar-refractivity contribution in [3.05, 3.63) is 18.4 Å². The summed E-state index contributed by atoms with van der Waals surface area (Å²) in [5.41, 5.74) is 0. The van der Waals surface area contributed by atoms with Crippen LogP contribution in [0.2, 0.25) is 0 Å². The van der Waals surface area contributed by atoms with Crippen molar-refractivity contribution in [1.29, 1.82) is 0 Å². The zero-order valence-corrected chi connectivity index (χ0v) is 9.96. The van der Waals surface area contributed by atoms with E-state index < -0.39 is 0 Å². The maximum atomic E-state index is 5.20. The van der Waals surface area contributed by atoms with Gasteiger partial charge in [-0.1, -0.05) is 6.92 Å². The number of hydrogen-bond acceptors (Lipinski definition) is 5. The highest BCUT2D eigenvalue weighted by atomic mass is 16.3. The van der Waals surface area contributed by atoms with Crippen molar-refractivity contribution >= 4 is 0 Å². The van der Waals surface area contributed by atoms with Crippen molar-refractivity contribution in [2.75, 3.05) is 13.1 Å². The molecule has 0 radical (unpaired) electrons. The maximum Gasteiger partial charge on any atom is 0.240 e. The largest absolute Gasteiger partial charge is 0.461 e. The summed E-state index contributed by atoms with van der Waals surface area (Å²) in [7, 11) is 0. The number of tetrazole rings is 1. The maximum absolute atomic E-state index is 5.20. The molecule has 0 atom stereocenters. The van der Waals surface area contributed by atoms with Crippen molar-refractivity contribution in [2.45, 2.75) is 26.3 Å². The summed E-state index contributed by atoms with van der Waals surface area (Å²) < 4.78 is 5.20. The summed E-state index contributed by atoms with van der Waals surface area (Å²) in [6.45, 7) is 4.96. The van der Waals surface area contributed by atoms with E-state index in [1.807, 2.05) is 12.1 Å². The molecule has 0 aliphatic carbocycles. The van der Waals surface area contributed by atoms with E-state index in [1.54, 1.807) is 11.1 Å². The van der Waals surface area contributed by atoms with Crippen molar-refractivity contribution in [2.24, 2.45) is 0 Å². The number of nitrogens with zero attached hydrogens (tertiary/aromatic N) is 4. The van der Waals surface area contributed by atoms with Crippen LogP contribution in [0, 0.1) is 0 Å². The molecule has 0 amide bonds. The Balaban J connectivity index is 1.79. The number of furan rings is 1. The minimum absolute atomic E-state index is 0.538. The molecule has 0 saturated carbocycles. The molecule has 0 unspecified atom stereocenters. The third kappa shape index (κ3) is 3.39. The SMILES string of the molecule is CCCNCCCn1nnc(-c2ccco2)n1. The van der Waals surface area contributed by atoms with E-state index in [2.05, 4.69) is 27.7 Å². The average Bonchev–Trinajstić information content (AvgIpc) is 2.99. The molecule has 17 heavy (non-hydrogen) atoms. The van der Waals surface area contributed by atoms with Gasteiger partial charge in [-0.05, 0) is 43.3 Å². The van der Waals surface area contributed by atoms with Gasteiger partial charge in [0.2, 0.25) is 5.82 Å². The van der Waals surface area contributed by atoms with Crippen LogP contribution in [0.5, 0.6) is 0 Å². The number of aromatic nitrogens is 4. The first kappa shape index (κ1) is 11.8. The van der Waals surface area contributed by atoms with Gasteiger partial charge in [-0.25, -0.2) is 0 Å². The molecule has 0 spiro atoms. The van der Waals surface area contributed by atoms with Gasteiger partial charge >= 0.3 is 0 Å². The second-order valence-corrected chi connectivity index (χ2v) is 3.79. The molecule has 1 N–H and O–H groups in total. The van der Waals surface area contributed by atoms with Gasteiger partial charge in [0.25, 0.3) is 0 Å². The van der Waals surface area contributed by atoms with E-state index in [4.69, 9.17) is 4.42 Å². The van der Waals surface area contributed by atoms with Gasteiger partial charge in [0, 0.05) is 0 Å². The van der Waals surface area contributed by atoms with Crippen LogP contribution in [0.1, 0.15) is 19.8 Å². The number of hydrogen-bond donors (Lipinski definition) is 1. The second-order valence-electron chi connectivity index (χ2n) is 3.79. The van der Waals surface area contributed by atoms with Gasteiger partial charge in [0.05, 0.1) is 12.8 Å². The van der Waals surface area contributed by atoms with Gasteiger partial charge < -0.3 is 9.73 Å². The lowest BCUT2D eigenvalue weighted by molar-refractivity contribution is 0.483. The van der Waals surface area contributed by atoms with Crippen LogP contribution in [-0.2, 0) is 6.54 Å². The smallest absolute Gasteiger partial charge is 0.240 e. The Morgan fingerprint density at radius 3 is 3.12 bits per heavy atom.